The fourth-order valence-corrected chi connectivity index (χ4v) is 4.17. The topological polar surface area (TPSA) is 87.7 Å². The van der Waals surface area contributed by atoms with Gasteiger partial charge in [0.05, 0.1) is 7.11 Å². The first-order valence-electron chi connectivity index (χ1n) is 10.7. The summed E-state index contributed by atoms with van der Waals surface area (Å²) in [7, 11) is 1.58. The minimum Gasteiger partial charge on any atom is -0.497 e. The van der Waals surface area contributed by atoms with E-state index in [0.29, 0.717) is 17.1 Å². The summed E-state index contributed by atoms with van der Waals surface area (Å²) in [5.41, 5.74) is 6.08. The first kappa shape index (κ1) is 21.4. The van der Waals surface area contributed by atoms with Gasteiger partial charge in [0.2, 0.25) is 0 Å². The molecule has 2 amide bonds. The Morgan fingerprint density at radius 1 is 0.938 bits per heavy atom. The van der Waals surface area contributed by atoms with E-state index in [1.807, 2.05) is 36.4 Å². The van der Waals surface area contributed by atoms with Gasteiger partial charge in [-0.3, -0.25) is 4.79 Å². The molecule has 3 aromatic carbocycles. The number of methoxy groups -OCH3 is 1. The molecule has 0 saturated heterocycles. The van der Waals surface area contributed by atoms with Crippen LogP contribution in [0.3, 0.4) is 0 Å². The quantitative estimate of drug-likeness (QED) is 0.476. The lowest BCUT2D eigenvalue weighted by Gasteiger charge is -2.24. The number of benzene rings is 3. The zero-order chi connectivity index (χ0) is 22.5. The van der Waals surface area contributed by atoms with Crippen molar-refractivity contribution in [1.29, 1.82) is 0 Å². The number of ether oxygens (including phenoxy) is 1. The summed E-state index contributed by atoms with van der Waals surface area (Å²) in [5.74, 6) is 0.176. The van der Waals surface area contributed by atoms with E-state index < -0.39 is 5.97 Å². The summed E-state index contributed by atoms with van der Waals surface area (Å²) in [6.07, 6.45) is 2.88. The van der Waals surface area contributed by atoms with Gasteiger partial charge in [0, 0.05) is 23.9 Å². The van der Waals surface area contributed by atoms with Crippen LogP contribution in [0.5, 0.6) is 5.75 Å². The van der Waals surface area contributed by atoms with Crippen LogP contribution in [-0.4, -0.2) is 24.2 Å². The van der Waals surface area contributed by atoms with Gasteiger partial charge in [0.1, 0.15) is 5.75 Å². The highest BCUT2D eigenvalue weighted by atomic mass is 16.5. The number of nitrogens with one attached hydrogen (secondary N) is 2. The molecule has 164 valence electrons. The number of carbonyl (C=O) groups is 2. The highest BCUT2D eigenvalue weighted by Crippen LogP contribution is 2.31. The Morgan fingerprint density at radius 2 is 1.69 bits per heavy atom. The third-order valence-corrected chi connectivity index (χ3v) is 5.80. The second-order valence-electron chi connectivity index (χ2n) is 8.08. The SMILES string of the molecule is COc1cccc(NC(=O)Nc2ccc(-c3ccc4c(c3)CCC(CC(=O)O)C4)cc2)c1. The van der Waals surface area contributed by atoms with Crippen molar-refractivity contribution in [2.45, 2.75) is 25.7 Å². The van der Waals surface area contributed by atoms with Gasteiger partial charge in [0.15, 0.2) is 0 Å². The number of aryl methyl sites for hydroxylation is 1. The molecule has 0 aromatic heterocycles. The van der Waals surface area contributed by atoms with Crippen molar-refractivity contribution in [1.82, 2.24) is 0 Å². The van der Waals surface area contributed by atoms with Crippen LogP contribution in [0.2, 0.25) is 0 Å². The van der Waals surface area contributed by atoms with Gasteiger partial charge < -0.3 is 20.5 Å². The van der Waals surface area contributed by atoms with E-state index in [-0.39, 0.29) is 18.4 Å². The van der Waals surface area contributed by atoms with Gasteiger partial charge in [-0.1, -0.05) is 36.4 Å². The second kappa shape index (κ2) is 9.56. The molecule has 4 rings (SSSR count). The minimum atomic E-state index is -0.721. The van der Waals surface area contributed by atoms with Crippen LogP contribution in [0.1, 0.15) is 24.0 Å². The highest BCUT2D eigenvalue weighted by molar-refractivity contribution is 6.00. The van der Waals surface area contributed by atoms with E-state index in [4.69, 9.17) is 9.84 Å². The Balaban J connectivity index is 1.39. The van der Waals surface area contributed by atoms with Gasteiger partial charge in [-0.2, -0.15) is 0 Å². The van der Waals surface area contributed by atoms with Crippen LogP contribution in [0.4, 0.5) is 16.2 Å². The summed E-state index contributed by atoms with van der Waals surface area (Å²) < 4.78 is 5.17. The number of anilines is 2. The summed E-state index contributed by atoms with van der Waals surface area (Å²) in [6.45, 7) is 0. The molecule has 3 N–H and O–H groups in total. The molecule has 0 bridgehead atoms. The standard InChI is InChI=1S/C26H26N2O4/c1-32-24-4-2-3-23(16-24)28-26(31)27-22-11-9-18(10-12-22)20-8-7-19-13-17(14-25(29)30)5-6-21(19)15-20/h2-4,7-12,15-17H,5-6,13-14H2,1H3,(H,29,30)(H2,27,28,31). The maximum absolute atomic E-state index is 12.3. The summed E-state index contributed by atoms with van der Waals surface area (Å²) >= 11 is 0. The van der Waals surface area contributed by atoms with Crippen LogP contribution in [0, 0.1) is 5.92 Å². The Hall–Kier alpha value is -3.80. The monoisotopic (exact) mass is 430 g/mol. The van der Waals surface area contributed by atoms with Crippen molar-refractivity contribution in [2.75, 3.05) is 17.7 Å². The first-order valence-corrected chi connectivity index (χ1v) is 10.7. The molecule has 0 heterocycles. The Morgan fingerprint density at radius 3 is 2.44 bits per heavy atom. The van der Waals surface area contributed by atoms with Crippen LogP contribution in [-0.2, 0) is 17.6 Å². The van der Waals surface area contributed by atoms with Gasteiger partial charge in [0.25, 0.3) is 0 Å². The molecule has 1 aliphatic rings. The smallest absolute Gasteiger partial charge is 0.323 e. The summed E-state index contributed by atoms with van der Waals surface area (Å²) in [5, 5.41) is 14.7. The predicted octanol–water partition coefficient (Wildman–Crippen LogP) is 5.59. The normalized spacial score (nSPS) is 14.8. The molecular weight excluding hydrogens is 404 g/mol. The van der Waals surface area contributed by atoms with Crippen LogP contribution >= 0.6 is 0 Å². The fourth-order valence-electron chi connectivity index (χ4n) is 4.17. The summed E-state index contributed by atoms with van der Waals surface area (Å²) in [4.78, 5) is 23.3. The third-order valence-electron chi connectivity index (χ3n) is 5.80. The van der Waals surface area contributed by atoms with Crippen LogP contribution < -0.4 is 15.4 Å². The van der Waals surface area contributed by atoms with Crippen molar-refractivity contribution >= 4 is 23.4 Å². The second-order valence-corrected chi connectivity index (χ2v) is 8.08. The molecule has 0 aliphatic heterocycles. The maximum atomic E-state index is 12.3. The van der Waals surface area contributed by atoms with Crippen molar-refractivity contribution < 1.29 is 19.4 Å². The fraction of sp³-hybridized carbons (Fsp3) is 0.231. The number of rotatable bonds is 6. The van der Waals surface area contributed by atoms with Crippen LogP contribution in [0.25, 0.3) is 11.1 Å². The lowest BCUT2D eigenvalue weighted by atomic mass is 9.81. The Kier molecular flexibility index (Phi) is 6.40. The molecule has 0 radical (unpaired) electrons. The molecule has 3 aromatic rings. The van der Waals surface area contributed by atoms with E-state index in [1.165, 1.54) is 11.1 Å². The first-order chi connectivity index (χ1) is 15.5. The minimum absolute atomic E-state index is 0.222. The molecule has 0 spiro atoms. The van der Waals surface area contributed by atoms with Crippen molar-refractivity contribution in [3.05, 3.63) is 77.9 Å². The lowest BCUT2D eigenvalue weighted by Crippen LogP contribution is -2.19. The zero-order valence-electron chi connectivity index (χ0n) is 17.9. The average molecular weight is 431 g/mol. The number of hydrogen-bond donors (Lipinski definition) is 3. The molecular formula is C26H26N2O4. The van der Waals surface area contributed by atoms with E-state index in [2.05, 4.69) is 28.8 Å². The number of carbonyl (C=O) groups excluding carboxylic acids is 1. The number of amides is 2. The van der Waals surface area contributed by atoms with Crippen molar-refractivity contribution in [2.24, 2.45) is 5.92 Å². The van der Waals surface area contributed by atoms with E-state index in [9.17, 15) is 9.59 Å². The third kappa shape index (κ3) is 5.27. The van der Waals surface area contributed by atoms with Crippen molar-refractivity contribution in [3.63, 3.8) is 0 Å². The highest BCUT2D eigenvalue weighted by Gasteiger charge is 2.21. The largest absolute Gasteiger partial charge is 0.497 e. The molecule has 0 fully saturated rings. The maximum Gasteiger partial charge on any atom is 0.323 e. The van der Waals surface area contributed by atoms with Gasteiger partial charge in [-0.15, -0.1) is 0 Å². The van der Waals surface area contributed by atoms with Gasteiger partial charge >= 0.3 is 12.0 Å². The Bertz CT molecular complexity index is 1120. The molecule has 1 aliphatic carbocycles. The number of carboxylic acids is 1. The molecule has 32 heavy (non-hydrogen) atoms. The zero-order valence-corrected chi connectivity index (χ0v) is 17.9. The number of hydrogen-bond acceptors (Lipinski definition) is 3. The number of fused-ring (bicyclic) bond motifs is 1. The average Bonchev–Trinajstić information content (AvgIpc) is 2.79. The van der Waals surface area contributed by atoms with E-state index >= 15 is 0 Å². The summed E-state index contributed by atoms with van der Waals surface area (Å²) in [6, 6.07) is 21.0. The number of aliphatic carboxylic acids is 1. The predicted molar refractivity (Wildman–Crippen MR) is 125 cm³/mol. The van der Waals surface area contributed by atoms with E-state index in [1.54, 1.807) is 19.2 Å². The molecule has 1 atom stereocenters. The number of carboxylic acid groups (broad SMARTS) is 1. The van der Waals surface area contributed by atoms with Gasteiger partial charge in [-0.25, -0.2) is 4.79 Å². The van der Waals surface area contributed by atoms with Gasteiger partial charge in [-0.05, 0) is 71.7 Å². The molecule has 0 saturated carbocycles. The lowest BCUT2D eigenvalue weighted by molar-refractivity contribution is -0.138. The van der Waals surface area contributed by atoms with E-state index in [0.717, 1.165) is 30.4 Å². The molecule has 1 unspecified atom stereocenters. The Labute approximate surface area is 187 Å². The number of urea groups is 1. The van der Waals surface area contributed by atoms with Crippen molar-refractivity contribution in [3.8, 4) is 16.9 Å². The molecule has 6 heteroatoms. The molecule has 6 nitrogen and oxygen atoms in total. The van der Waals surface area contributed by atoms with Crippen LogP contribution in [0.15, 0.2) is 66.7 Å².